The van der Waals surface area contributed by atoms with Crippen LogP contribution in [0.25, 0.3) is 0 Å². The minimum Gasteiger partial charge on any atom is -0.491 e. The third-order valence-corrected chi connectivity index (χ3v) is 5.83. The van der Waals surface area contributed by atoms with Gasteiger partial charge in [-0.3, -0.25) is 4.90 Å². The number of urea groups is 1. The summed E-state index contributed by atoms with van der Waals surface area (Å²) in [6, 6.07) is 14.9. The molecule has 2 aromatic carbocycles. The Hall–Kier alpha value is -3.32. The summed E-state index contributed by atoms with van der Waals surface area (Å²) in [7, 11) is 0. The summed E-state index contributed by atoms with van der Waals surface area (Å²) >= 11 is 0. The Morgan fingerprint density at radius 2 is 1.85 bits per heavy atom. The van der Waals surface area contributed by atoms with Crippen LogP contribution in [0.15, 0.2) is 59.8 Å². The Kier molecular flexibility index (Phi) is 6.99. The van der Waals surface area contributed by atoms with Gasteiger partial charge in [0, 0.05) is 25.3 Å². The van der Waals surface area contributed by atoms with Gasteiger partial charge in [0.15, 0.2) is 0 Å². The Bertz CT molecular complexity index is 1050. The smallest absolute Gasteiger partial charge is 0.338 e. The molecule has 33 heavy (non-hydrogen) atoms. The summed E-state index contributed by atoms with van der Waals surface area (Å²) in [5.74, 6) is 0.313. The normalized spacial score (nSPS) is 18.4. The van der Waals surface area contributed by atoms with E-state index in [2.05, 4.69) is 33.7 Å². The van der Waals surface area contributed by atoms with Crippen molar-refractivity contribution in [3.63, 3.8) is 0 Å². The van der Waals surface area contributed by atoms with Crippen LogP contribution in [-0.2, 0) is 22.5 Å². The fourth-order valence-electron chi connectivity index (χ4n) is 4.37. The van der Waals surface area contributed by atoms with E-state index in [1.807, 2.05) is 44.2 Å². The Balaban J connectivity index is 1.64. The fourth-order valence-corrected chi connectivity index (χ4v) is 4.37. The molecule has 0 spiro atoms. The standard InChI is InChI=1S/C26H31N3O4/c1-4-32-25(30)23-22(16-29-14-13-18-7-5-6-8-20(18)15-29)27-26(31)28-24(23)19-9-11-21(12-10-19)33-17(2)3/h5-12,17,24H,4,13-16H2,1-3H3,(H2,27,28,31)/t24-/m1/s1. The Morgan fingerprint density at radius 1 is 1.12 bits per heavy atom. The average Bonchev–Trinajstić information content (AvgIpc) is 2.79. The number of carbonyl (C=O) groups excluding carboxylic acids is 2. The van der Waals surface area contributed by atoms with Gasteiger partial charge >= 0.3 is 12.0 Å². The van der Waals surface area contributed by atoms with Crippen LogP contribution in [0.1, 0.15) is 43.5 Å². The lowest BCUT2D eigenvalue weighted by Crippen LogP contribution is -2.49. The van der Waals surface area contributed by atoms with E-state index < -0.39 is 12.0 Å². The molecule has 0 unspecified atom stereocenters. The number of nitrogens with one attached hydrogen (secondary N) is 2. The number of hydrogen-bond acceptors (Lipinski definition) is 5. The molecule has 2 aliphatic rings. The molecule has 0 fully saturated rings. The van der Waals surface area contributed by atoms with Gasteiger partial charge in [-0.05, 0) is 56.0 Å². The summed E-state index contributed by atoms with van der Waals surface area (Å²) in [5, 5.41) is 5.77. The van der Waals surface area contributed by atoms with Crippen LogP contribution in [0, 0.1) is 0 Å². The van der Waals surface area contributed by atoms with Crippen LogP contribution in [0.2, 0.25) is 0 Å². The van der Waals surface area contributed by atoms with E-state index in [1.165, 1.54) is 11.1 Å². The molecule has 0 saturated heterocycles. The van der Waals surface area contributed by atoms with E-state index in [0.717, 1.165) is 30.8 Å². The van der Waals surface area contributed by atoms with Crippen molar-refractivity contribution < 1.29 is 19.1 Å². The van der Waals surface area contributed by atoms with Crippen molar-refractivity contribution in [3.05, 3.63) is 76.5 Å². The lowest BCUT2D eigenvalue weighted by Gasteiger charge is -2.34. The second kappa shape index (κ2) is 10.1. The molecule has 7 nitrogen and oxygen atoms in total. The van der Waals surface area contributed by atoms with Gasteiger partial charge in [0.2, 0.25) is 0 Å². The highest BCUT2D eigenvalue weighted by atomic mass is 16.5. The molecule has 4 rings (SSSR count). The average molecular weight is 450 g/mol. The highest BCUT2D eigenvalue weighted by molar-refractivity contribution is 5.95. The van der Waals surface area contributed by atoms with Crippen LogP contribution in [0.5, 0.6) is 5.75 Å². The quantitative estimate of drug-likeness (QED) is 0.630. The number of fused-ring (bicyclic) bond motifs is 1. The predicted octanol–water partition coefficient (Wildman–Crippen LogP) is 3.70. The van der Waals surface area contributed by atoms with Gasteiger partial charge < -0.3 is 20.1 Å². The topological polar surface area (TPSA) is 79.9 Å². The fraction of sp³-hybridized carbons (Fsp3) is 0.385. The second-order valence-corrected chi connectivity index (χ2v) is 8.61. The minimum absolute atomic E-state index is 0.0608. The van der Waals surface area contributed by atoms with E-state index in [0.29, 0.717) is 17.8 Å². The minimum atomic E-state index is -0.599. The van der Waals surface area contributed by atoms with E-state index in [9.17, 15) is 9.59 Å². The third kappa shape index (κ3) is 5.37. The zero-order valence-corrected chi connectivity index (χ0v) is 19.4. The number of esters is 1. The number of amides is 2. The Morgan fingerprint density at radius 3 is 2.55 bits per heavy atom. The molecule has 0 saturated carbocycles. The van der Waals surface area contributed by atoms with Crippen molar-refractivity contribution >= 4 is 12.0 Å². The maximum Gasteiger partial charge on any atom is 0.338 e. The summed E-state index contributed by atoms with van der Waals surface area (Å²) < 4.78 is 11.1. The first-order chi connectivity index (χ1) is 15.9. The molecular weight excluding hydrogens is 418 g/mol. The molecule has 2 heterocycles. The largest absolute Gasteiger partial charge is 0.491 e. The molecule has 7 heteroatoms. The molecule has 0 aromatic heterocycles. The van der Waals surface area contributed by atoms with Crippen LogP contribution < -0.4 is 15.4 Å². The molecule has 0 radical (unpaired) electrons. The number of benzene rings is 2. The first-order valence-corrected chi connectivity index (χ1v) is 11.5. The summed E-state index contributed by atoms with van der Waals surface area (Å²) in [5.41, 5.74) is 4.45. The second-order valence-electron chi connectivity index (χ2n) is 8.61. The van der Waals surface area contributed by atoms with Crippen LogP contribution in [0.3, 0.4) is 0 Å². The van der Waals surface area contributed by atoms with Crippen LogP contribution in [-0.4, -0.2) is 42.7 Å². The third-order valence-electron chi connectivity index (χ3n) is 5.83. The number of nitrogens with zero attached hydrogens (tertiary/aromatic N) is 1. The van der Waals surface area contributed by atoms with Gasteiger partial charge in [0.05, 0.1) is 24.3 Å². The maximum absolute atomic E-state index is 13.0. The molecule has 2 aromatic rings. The maximum atomic E-state index is 13.0. The Labute approximate surface area is 194 Å². The molecule has 2 aliphatic heterocycles. The van der Waals surface area contributed by atoms with Crippen molar-refractivity contribution in [2.24, 2.45) is 0 Å². The van der Waals surface area contributed by atoms with Crippen LogP contribution >= 0.6 is 0 Å². The highest BCUT2D eigenvalue weighted by Crippen LogP contribution is 2.30. The molecule has 2 amide bonds. The van der Waals surface area contributed by atoms with Crippen LogP contribution in [0.4, 0.5) is 4.79 Å². The van der Waals surface area contributed by atoms with E-state index in [4.69, 9.17) is 9.47 Å². The van der Waals surface area contributed by atoms with Crippen molar-refractivity contribution in [1.82, 2.24) is 15.5 Å². The van der Waals surface area contributed by atoms with Crippen molar-refractivity contribution in [2.45, 2.75) is 45.9 Å². The molecule has 0 aliphatic carbocycles. The molecule has 2 N–H and O–H groups in total. The van der Waals surface area contributed by atoms with E-state index >= 15 is 0 Å². The summed E-state index contributed by atoms with van der Waals surface area (Å²) in [6.07, 6.45) is 0.996. The van der Waals surface area contributed by atoms with Crippen molar-refractivity contribution in [2.75, 3.05) is 19.7 Å². The molecule has 1 atom stereocenters. The van der Waals surface area contributed by atoms with Gasteiger partial charge in [-0.2, -0.15) is 0 Å². The predicted molar refractivity (Wildman–Crippen MR) is 126 cm³/mol. The van der Waals surface area contributed by atoms with E-state index in [1.54, 1.807) is 6.92 Å². The number of ether oxygens (including phenoxy) is 2. The number of carbonyl (C=O) groups is 2. The van der Waals surface area contributed by atoms with Gasteiger partial charge in [-0.15, -0.1) is 0 Å². The zero-order valence-electron chi connectivity index (χ0n) is 19.4. The SMILES string of the molecule is CCOC(=O)C1=C(CN2CCc3ccccc3C2)NC(=O)N[C@@H]1c1ccc(OC(C)C)cc1. The van der Waals surface area contributed by atoms with Crippen molar-refractivity contribution in [3.8, 4) is 5.75 Å². The molecular formula is C26H31N3O4. The van der Waals surface area contributed by atoms with Gasteiger partial charge in [0.25, 0.3) is 0 Å². The first kappa shape index (κ1) is 22.9. The van der Waals surface area contributed by atoms with Gasteiger partial charge in [0.1, 0.15) is 5.75 Å². The molecule has 174 valence electrons. The lowest BCUT2D eigenvalue weighted by atomic mass is 9.94. The summed E-state index contributed by atoms with van der Waals surface area (Å²) in [6.45, 7) is 8.05. The van der Waals surface area contributed by atoms with Crippen molar-refractivity contribution in [1.29, 1.82) is 0 Å². The number of rotatable bonds is 7. The first-order valence-electron chi connectivity index (χ1n) is 11.5. The highest BCUT2D eigenvalue weighted by Gasteiger charge is 2.34. The monoisotopic (exact) mass is 449 g/mol. The zero-order chi connectivity index (χ0) is 23.4. The van der Waals surface area contributed by atoms with Gasteiger partial charge in [-0.1, -0.05) is 36.4 Å². The van der Waals surface area contributed by atoms with Gasteiger partial charge in [-0.25, -0.2) is 9.59 Å². The van der Waals surface area contributed by atoms with E-state index in [-0.39, 0.29) is 18.7 Å². The molecule has 0 bridgehead atoms. The lowest BCUT2D eigenvalue weighted by molar-refractivity contribution is -0.139. The number of hydrogen-bond donors (Lipinski definition) is 2. The summed E-state index contributed by atoms with van der Waals surface area (Å²) in [4.78, 5) is 27.9.